The first-order valence-corrected chi connectivity index (χ1v) is 15.8. The van der Waals surface area contributed by atoms with Crippen LogP contribution in [-0.2, 0) is 35.1 Å². The number of hydrogen-bond acceptors (Lipinski definition) is 7. The van der Waals surface area contributed by atoms with Crippen molar-refractivity contribution in [3.05, 3.63) is 65.7 Å². The number of nitrogens with one attached hydrogen (secondary N) is 1. The van der Waals surface area contributed by atoms with Crippen molar-refractivity contribution in [2.75, 3.05) is 19.5 Å². The van der Waals surface area contributed by atoms with E-state index in [2.05, 4.69) is 10.1 Å². The Balaban J connectivity index is 1.59. The second-order valence-electron chi connectivity index (χ2n) is 11.3. The number of alkyl carbamates (subject to hydrolysis) is 1. The second kappa shape index (κ2) is 14.9. The molecule has 8 nitrogen and oxygen atoms in total. The summed E-state index contributed by atoms with van der Waals surface area (Å²) >= 11 is 0. The van der Waals surface area contributed by atoms with Crippen molar-refractivity contribution in [3.63, 3.8) is 0 Å². The van der Waals surface area contributed by atoms with Crippen LogP contribution < -0.4 is 5.32 Å². The minimum atomic E-state index is -4.55. The Kier molecular flexibility index (Phi) is 11.8. The van der Waals surface area contributed by atoms with Gasteiger partial charge in [0.15, 0.2) is 9.84 Å². The topological polar surface area (TPSA) is 116 Å². The molecule has 0 saturated heterocycles. The Morgan fingerprint density at radius 2 is 1.56 bits per heavy atom. The first-order valence-electron chi connectivity index (χ1n) is 14.2. The number of sulfone groups is 1. The molecule has 1 aliphatic rings. The summed E-state index contributed by atoms with van der Waals surface area (Å²) in [6.07, 6.45) is -3.21. The van der Waals surface area contributed by atoms with Crippen LogP contribution in [0.3, 0.4) is 0 Å². The number of ether oxygens (including phenoxy) is 2. The van der Waals surface area contributed by atoms with Crippen LogP contribution >= 0.6 is 0 Å². The maximum atomic E-state index is 13.4. The number of methoxy groups -OCH3 is 1. The number of carbonyl (C=O) groups excluding carboxylic acids is 3. The summed E-state index contributed by atoms with van der Waals surface area (Å²) in [6.45, 7) is 3.44. The normalized spacial score (nSPS) is 18.9. The van der Waals surface area contributed by atoms with E-state index >= 15 is 0 Å². The summed E-state index contributed by atoms with van der Waals surface area (Å²) in [5.41, 5.74) is -0.0892. The molecule has 1 N–H and O–H groups in total. The van der Waals surface area contributed by atoms with Crippen LogP contribution in [0, 0.1) is 17.8 Å². The summed E-state index contributed by atoms with van der Waals surface area (Å²) in [7, 11) is -2.59. The Morgan fingerprint density at radius 3 is 2.09 bits per heavy atom. The van der Waals surface area contributed by atoms with E-state index in [9.17, 15) is 36.0 Å². The lowest BCUT2D eigenvalue weighted by Gasteiger charge is -2.29. The SMILES string of the molecule is COC(=O)N[C@H](C(=O)OC[C@@H](CC(=O)C1CCC(CS(=O)(=O)c2ccc(C(F)(F)F)cc2)CC1)c1ccccc1)C(C)C. The zero-order chi connectivity index (χ0) is 31.8. The van der Waals surface area contributed by atoms with E-state index in [4.69, 9.17) is 4.74 Å². The molecule has 2 aromatic rings. The number of halogens is 3. The molecule has 1 amide bonds. The summed E-state index contributed by atoms with van der Waals surface area (Å²) in [4.78, 5) is 37.7. The third-order valence-corrected chi connectivity index (χ3v) is 9.72. The van der Waals surface area contributed by atoms with Crippen molar-refractivity contribution >= 4 is 27.7 Å². The first kappa shape index (κ1) is 34.1. The van der Waals surface area contributed by atoms with Crippen LogP contribution in [0.25, 0.3) is 0 Å². The third-order valence-electron chi connectivity index (χ3n) is 7.82. The summed E-state index contributed by atoms with van der Waals surface area (Å²) < 4.78 is 74.4. The smallest absolute Gasteiger partial charge is 0.416 e. The van der Waals surface area contributed by atoms with Gasteiger partial charge in [0, 0.05) is 18.3 Å². The van der Waals surface area contributed by atoms with Crippen molar-refractivity contribution in [3.8, 4) is 0 Å². The number of amides is 1. The molecule has 236 valence electrons. The van der Waals surface area contributed by atoms with Crippen LogP contribution in [0.1, 0.15) is 63.0 Å². The van der Waals surface area contributed by atoms with Crippen LogP contribution in [-0.4, -0.2) is 51.8 Å². The van der Waals surface area contributed by atoms with Crippen molar-refractivity contribution < 1.29 is 45.4 Å². The van der Waals surface area contributed by atoms with Gasteiger partial charge in [-0.15, -0.1) is 0 Å². The molecule has 0 spiro atoms. The highest BCUT2D eigenvalue weighted by molar-refractivity contribution is 7.91. The molecule has 0 radical (unpaired) electrons. The zero-order valence-corrected chi connectivity index (χ0v) is 25.2. The van der Waals surface area contributed by atoms with Gasteiger partial charge in [-0.25, -0.2) is 18.0 Å². The number of benzene rings is 2. The van der Waals surface area contributed by atoms with Gasteiger partial charge >= 0.3 is 18.2 Å². The predicted molar refractivity (Wildman–Crippen MR) is 153 cm³/mol. The minimum absolute atomic E-state index is 0.0120. The number of esters is 1. The fourth-order valence-corrected chi connectivity index (χ4v) is 6.97. The lowest BCUT2D eigenvalue weighted by Crippen LogP contribution is -2.45. The van der Waals surface area contributed by atoms with Gasteiger partial charge < -0.3 is 14.8 Å². The van der Waals surface area contributed by atoms with E-state index < -0.39 is 45.6 Å². The standard InChI is InChI=1S/C31H38F3NO7S/c1-20(2)28(35-30(38)41-3)29(37)42-18-24(22-7-5-4-6-8-22)17-27(36)23-11-9-21(10-12-23)19-43(39,40)26-15-13-25(14-16-26)31(32,33)34/h4-8,13-16,20-21,23-24,28H,9-12,17-19H2,1-3H3,(H,35,38)/t21?,23?,24-,28+/m1/s1. The quantitative estimate of drug-likeness (QED) is 0.290. The van der Waals surface area contributed by atoms with Crippen molar-refractivity contribution in [1.82, 2.24) is 5.32 Å². The van der Waals surface area contributed by atoms with E-state index in [0.29, 0.717) is 25.7 Å². The van der Waals surface area contributed by atoms with Crippen LogP contribution in [0.2, 0.25) is 0 Å². The number of ketones is 1. The fraction of sp³-hybridized carbons (Fsp3) is 0.516. The predicted octanol–water partition coefficient (Wildman–Crippen LogP) is 5.95. The fourth-order valence-electron chi connectivity index (χ4n) is 5.27. The van der Waals surface area contributed by atoms with Crippen LogP contribution in [0.15, 0.2) is 59.5 Å². The molecule has 1 fully saturated rings. The number of alkyl halides is 3. The molecular formula is C31H38F3NO7S. The van der Waals surface area contributed by atoms with Gasteiger partial charge in [0.05, 0.1) is 29.9 Å². The van der Waals surface area contributed by atoms with E-state index in [1.54, 1.807) is 13.8 Å². The lowest BCUT2D eigenvalue weighted by atomic mass is 9.78. The molecule has 2 aromatic carbocycles. The molecule has 43 heavy (non-hydrogen) atoms. The maximum Gasteiger partial charge on any atom is 0.416 e. The third kappa shape index (κ3) is 9.80. The molecule has 0 unspecified atom stereocenters. The monoisotopic (exact) mass is 625 g/mol. The number of carbonyl (C=O) groups is 3. The van der Waals surface area contributed by atoms with Crippen molar-refractivity contribution in [2.24, 2.45) is 17.8 Å². The van der Waals surface area contributed by atoms with E-state index in [1.165, 1.54) is 7.11 Å². The molecular weight excluding hydrogens is 587 g/mol. The minimum Gasteiger partial charge on any atom is -0.463 e. The van der Waals surface area contributed by atoms with Crippen LogP contribution in [0.5, 0.6) is 0 Å². The van der Waals surface area contributed by atoms with Crippen LogP contribution in [0.4, 0.5) is 18.0 Å². The summed E-state index contributed by atoms with van der Waals surface area (Å²) in [6, 6.07) is 11.8. The number of rotatable bonds is 12. The Morgan fingerprint density at radius 1 is 0.953 bits per heavy atom. The highest BCUT2D eigenvalue weighted by atomic mass is 32.2. The average Bonchev–Trinajstić information content (AvgIpc) is 2.97. The van der Waals surface area contributed by atoms with Gasteiger partial charge in [0.2, 0.25) is 0 Å². The molecule has 1 aliphatic carbocycles. The first-order chi connectivity index (χ1) is 20.2. The Labute approximate surface area is 250 Å². The lowest BCUT2D eigenvalue weighted by molar-refractivity contribution is -0.148. The number of hydrogen-bond donors (Lipinski definition) is 1. The molecule has 0 aliphatic heterocycles. The van der Waals surface area contributed by atoms with Gasteiger partial charge in [0.1, 0.15) is 11.8 Å². The molecule has 2 atom stereocenters. The maximum absolute atomic E-state index is 13.4. The van der Waals surface area contributed by atoms with E-state index in [-0.39, 0.29) is 47.2 Å². The second-order valence-corrected chi connectivity index (χ2v) is 13.3. The molecule has 1 saturated carbocycles. The molecule has 0 bridgehead atoms. The summed E-state index contributed by atoms with van der Waals surface area (Å²) in [5, 5.41) is 2.47. The largest absolute Gasteiger partial charge is 0.463 e. The van der Waals surface area contributed by atoms with Gasteiger partial charge in [-0.2, -0.15) is 13.2 Å². The van der Waals surface area contributed by atoms with Gasteiger partial charge in [0.25, 0.3) is 0 Å². The highest BCUT2D eigenvalue weighted by Gasteiger charge is 2.34. The summed E-state index contributed by atoms with van der Waals surface area (Å²) in [5.74, 6) is -2.01. The van der Waals surface area contributed by atoms with Crippen molar-refractivity contribution in [2.45, 2.75) is 69.0 Å². The van der Waals surface area contributed by atoms with Gasteiger partial charge in [-0.05, 0) is 67.3 Å². The molecule has 3 rings (SSSR count). The number of Topliss-reactive ketones (excluding diaryl/α,β-unsaturated/α-hetero) is 1. The highest BCUT2D eigenvalue weighted by Crippen LogP contribution is 2.35. The Hall–Kier alpha value is -3.41. The molecule has 0 heterocycles. The zero-order valence-electron chi connectivity index (χ0n) is 24.4. The molecule has 12 heteroatoms. The Bertz CT molecular complexity index is 1340. The van der Waals surface area contributed by atoms with Gasteiger partial charge in [-0.3, -0.25) is 4.79 Å². The average molecular weight is 626 g/mol. The van der Waals surface area contributed by atoms with E-state index in [0.717, 1.165) is 29.8 Å². The van der Waals surface area contributed by atoms with Crippen molar-refractivity contribution in [1.29, 1.82) is 0 Å². The van der Waals surface area contributed by atoms with Gasteiger partial charge in [-0.1, -0.05) is 44.2 Å². The molecule has 0 aromatic heterocycles. The van der Waals surface area contributed by atoms with E-state index in [1.807, 2.05) is 30.3 Å².